The summed E-state index contributed by atoms with van der Waals surface area (Å²) in [7, 11) is 0. The van der Waals surface area contributed by atoms with E-state index in [-0.39, 0.29) is 5.75 Å². The molecule has 0 amide bonds. The molecule has 1 aliphatic rings. The van der Waals surface area contributed by atoms with Gasteiger partial charge in [-0.1, -0.05) is 25.6 Å². The van der Waals surface area contributed by atoms with E-state index >= 15 is 0 Å². The molecule has 1 aliphatic carbocycles. The lowest BCUT2D eigenvalue weighted by Crippen LogP contribution is -2.18. The van der Waals surface area contributed by atoms with E-state index in [9.17, 15) is 4.79 Å². The van der Waals surface area contributed by atoms with Gasteiger partial charge in [0.15, 0.2) is 5.16 Å². The molecule has 0 aromatic carbocycles. The number of aliphatic carboxylic acids is 1. The first-order chi connectivity index (χ1) is 10.0. The zero-order valence-electron chi connectivity index (χ0n) is 12.2. The zero-order valence-corrected chi connectivity index (χ0v) is 13.1. The molecule has 0 unspecified atom stereocenters. The van der Waals surface area contributed by atoms with Gasteiger partial charge in [0.2, 0.25) is 0 Å². The Kier molecular flexibility index (Phi) is 3.65. The highest BCUT2D eigenvalue weighted by molar-refractivity contribution is 7.99. The molecule has 0 radical (unpaired) electrons. The minimum atomic E-state index is -0.818. The molecular weight excluding hydrogens is 286 g/mol. The summed E-state index contributed by atoms with van der Waals surface area (Å²) in [5.41, 5.74) is 2.23. The van der Waals surface area contributed by atoms with Crippen LogP contribution in [0, 0.1) is 11.3 Å². The van der Waals surface area contributed by atoms with Gasteiger partial charge >= 0.3 is 5.97 Å². The van der Waals surface area contributed by atoms with Crippen molar-refractivity contribution >= 4 is 28.8 Å². The lowest BCUT2D eigenvalue weighted by molar-refractivity contribution is -0.133. The second-order valence-electron chi connectivity index (χ2n) is 6.04. The number of hydrogen-bond acceptors (Lipinski definition) is 4. The van der Waals surface area contributed by atoms with Crippen molar-refractivity contribution in [1.29, 1.82) is 0 Å². The molecule has 0 atom stereocenters. The van der Waals surface area contributed by atoms with Gasteiger partial charge in [-0.2, -0.15) is 0 Å². The Morgan fingerprint density at radius 2 is 2.29 bits per heavy atom. The van der Waals surface area contributed by atoms with Gasteiger partial charge in [-0.15, -0.1) is 0 Å². The van der Waals surface area contributed by atoms with Gasteiger partial charge in [0.1, 0.15) is 5.52 Å². The Morgan fingerprint density at radius 1 is 1.52 bits per heavy atom. The summed E-state index contributed by atoms with van der Waals surface area (Å²) in [6, 6.07) is 1.96. The molecule has 2 aromatic rings. The number of carboxylic acids is 1. The molecule has 1 saturated carbocycles. The number of carboxylic acid groups (broad SMARTS) is 1. The number of hydrogen-bond donors (Lipinski definition) is 1. The van der Waals surface area contributed by atoms with Crippen molar-refractivity contribution < 1.29 is 9.90 Å². The van der Waals surface area contributed by atoms with Crippen molar-refractivity contribution in [3.63, 3.8) is 0 Å². The largest absolute Gasteiger partial charge is 0.481 e. The highest BCUT2D eigenvalue weighted by atomic mass is 32.2. The second-order valence-corrected chi connectivity index (χ2v) is 6.99. The predicted molar refractivity (Wildman–Crippen MR) is 82.4 cm³/mol. The highest BCUT2D eigenvalue weighted by Gasteiger charge is 2.46. The first kappa shape index (κ1) is 14.4. The van der Waals surface area contributed by atoms with E-state index in [0.717, 1.165) is 22.7 Å². The smallest absolute Gasteiger partial charge is 0.313 e. The van der Waals surface area contributed by atoms with Gasteiger partial charge in [-0.25, -0.2) is 4.98 Å². The van der Waals surface area contributed by atoms with Crippen LogP contribution in [0.3, 0.4) is 0 Å². The van der Waals surface area contributed by atoms with Crippen molar-refractivity contribution in [3.8, 4) is 0 Å². The van der Waals surface area contributed by atoms with Crippen molar-refractivity contribution in [3.05, 3.63) is 18.5 Å². The van der Waals surface area contributed by atoms with Crippen LogP contribution in [-0.2, 0) is 11.3 Å². The molecule has 5 nitrogen and oxygen atoms in total. The first-order valence-electron chi connectivity index (χ1n) is 7.17. The van der Waals surface area contributed by atoms with E-state index in [4.69, 9.17) is 5.11 Å². The number of rotatable bonds is 6. The van der Waals surface area contributed by atoms with E-state index in [2.05, 4.69) is 28.4 Å². The molecule has 6 heteroatoms. The van der Waals surface area contributed by atoms with Crippen LogP contribution in [0.25, 0.3) is 11.0 Å². The summed E-state index contributed by atoms with van der Waals surface area (Å²) in [4.78, 5) is 19.5. The van der Waals surface area contributed by atoms with Crippen LogP contribution in [0.4, 0.5) is 0 Å². The average molecular weight is 305 g/mol. The Hall–Kier alpha value is -1.56. The van der Waals surface area contributed by atoms with Gasteiger partial charge in [0, 0.05) is 12.7 Å². The number of pyridine rings is 1. The standard InChI is InChI=1S/C15H19N3O2S/c1-10(2)15(4-5-15)9-18-12-3-6-16-7-11(12)17-14(18)21-8-13(19)20/h3,6-7,10H,4-5,8-9H2,1-2H3,(H,19,20). The van der Waals surface area contributed by atoms with Crippen LogP contribution in [0.15, 0.2) is 23.6 Å². The van der Waals surface area contributed by atoms with Crippen LogP contribution in [0.2, 0.25) is 0 Å². The third kappa shape index (κ3) is 2.77. The first-order valence-corrected chi connectivity index (χ1v) is 8.15. The fraction of sp³-hybridized carbons (Fsp3) is 0.533. The minimum Gasteiger partial charge on any atom is -0.481 e. The Balaban J connectivity index is 1.97. The van der Waals surface area contributed by atoms with Gasteiger partial charge in [0.25, 0.3) is 0 Å². The summed E-state index contributed by atoms with van der Waals surface area (Å²) >= 11 is 1.29. The van der Waals surface area contributed by atoms with E-state index in [0.29, 0.717) is 11.3 Å². The summed E-state index contributed by atoms with van der Waals surface area (Å²) in [5.74, 6) is -0.165. The molecule has 3 rings (SSSR count). The number of aromatic nitrogens is 3. The van der Waals surface area contributed by atoms with E-state index in [1.54, 1.807) is 12.4 Å². The maximum absolute atomic E-state index is 10.8. The van der Waals surface area contributed by atoms with E-state index in [1.807, 2.05) is 6.07 Å². The van der Waals surface area contributed by atoms with E-state index < -0.39 is 5.97 Å². The minimum absolute atomic E-state index is 0.0332. The number of thioether (sulfide) groups is 1. The lowest BCUT2D eigenvalue weighted by Gasteiger charge is -2.21. The van der Waals surface area contributed by atoms with Crippen LogP contribution in [0.1, 0.15) is 26.7 Å². The summed E-state index contributed by atoms with van der Waals surface area (Å²) in [6.45, 7) is 5.43. The summed E-state index contributed by atoms with van der Waals surface area (Å²) < 4.78 is 2.18. The molecule has 2 aromatic heterocycles. The maximum atomic E-state index is 10.8. The van der Waals surface area contributed by atoms with Crippen LogP contribution < -0.4 is 0 Å². The lowest BCUT2D eigenvalue weighted by atomic mass is 9.92. The summed E-state index contributed by atoms with van der Waals surface area (Å²) in [6.07, 6.45) is 5.98. The number of imidazole rings is 1. The second kappa shape index (κ2) is 5.33. The fourth-order valence-electron chi connectivity index (χ4n) is 2.74. The molecule has 21 heavy (non-hydrogen) atoms. The van der Waals surface area contributed by atoms with Crippen molar-refractivity contribution in [2.75, 3.05) is 5.75 Å². The van der Waals surface area contributed by atoms with Gasteiger partial charge in [-0.3, -0.25) is 9.78 Å². The van der Waals surface area contributed by atoms with Crippen LogP contribution in [0.5, 0.6) is 0 Å². The Bertz CT molecular complexity index is 677. The summed E-state index contributed by atoms with van der Waals surface area (Å²) in [5, 5.41) is 9.69. The van der Waals surface area contributed by atoms with Crippen LogP contribution in [-0.4, -0.2) is 31.4 Å². The number of nitrogens with zero attached hydrogens (tertiary/aromatic N) is 3. The number of fused-ring (bicyclic) bond motifs is 1. The topological polar surface area (TPSA) is 68.0 Å². The molecule has 0 bridgehead atoms. The molecule has 1 N–H and O–H groups in total. The third-order valence-corrected chi connectivity index (χ3v) is 5.39. The average Bonchev–Trinajstić information content (AvgIpc) is 3.15. The van der Waals surface area contributed by atoms with Gasteiger partial charge in [-0.05, 0) is 30.2 Å². The van der Waals surface area contributed by atoms with E-state index in [1.165, 1.54) is 24.6 Å². The SMILES string of the molecule is CC(C)C1(Cn2c(SCC(=O)O)nc3cnccc32)CC1. The molecule has 2 heterocycles. The predicted octanol–water partition coefficient (Wildman–Crippen LogP) is 3.04. The van der Waals surface area contributed by atoms with Crippen LogP contribution >= 0.6 is 11.8 Å². The molecule has 1 fully saturated rings. The normalized spacial score (nSPS) is 16.5. The fourth-order valence-corrected chi connectivity index (χ4v) is 3.48. The quantitative estimate of drug-likeness (QED) is 0.831. The molecule has 0 saturated heterocycles. The molecular formula is C15H19N3O2S. The zero-order chi connectivity index (χ0) is 15.0. The Morgan fingerprint density at radius 3 is 2.90 bits per heavy atom. The monoisotopic (exact) mass is 305 g/mol. The molecule has 0 aliphatic heterocycles. The third-order valence-electron chi connectivity index (χ3n) is 4.43. The maximum Gasteiger partial charge on any atom is 0.313 e. The number of carbonyl (C=O) groups is 1. The molecule has 0 spiro atoms. The van der Waals surface area contributed by atoms with Gasteiger partial charge < -0.3 is 9.67 Å². The van der Waals surface area contributed by atoms with Crippen molar-refractivity contribution in [2.24, 2.45) is 11.3 Å². The van der Waals surface area contributed by atoms with Crippen molar-refractivity contribution in [2.45, 2.75) is 38.4 Å². The Labute approximate surface area is 127 Å². The highest BCUT2D eigenvalue weighted by Crippen LogP contribution is 2.53. The van der Waals surface area contributed by atoms with Gasteiger partial charge in [0.05, 0.1) is 17.5 Å². The molecule has 112 valence electrons. The van der Waals surface area contributed by atoms with Crippen molar-refractivity contribution in [1.82, 2.24) is 14.5 Å².